The van der Waals surface area contributed by atoms with Gasteiger partial charge in [0.1, 0.15) is 22.9 Å². The van der Waals surface area contributed by atoms with Gasteiger partial charge in [-0.05, 0) is 56.6 Å². The first kappa shape index (κ1) is 28.8. The van der Waals surface area contributed by atoms with Gasteiger partial charge in [-0.1, -0.05) is 17.7 Å². The number of alkyl halides is 3. The van der Waals surface area contributed by atoms with Gasteiger partial charge in [0.25, 0.3) is 0 Å². The molecular weight excluding hydrogens is 571 g/mol. The van der Waals surface area contributed by atoms with E-state index in [1.807, 2.05) is 36.7 Å². The number of rotatable bonds is 9. The summed E-state index contributed by atoms with van der Waals surface area (Å²) in [6.07, 6.45) is 0.878. The maximum Gasteiger partial charge on any atom is 0.432 e. The highest BCUT2D eigenvalue weighted by molar-refractivity contribution is 6.34. The Labute approximate surface area is 243 Å². The molecule has 0 bridgehead atoms. The van der Waals surface area contributed by atoms with Gasteiger partial charge in [-0.2, -0.15) is 13.2 Å². The second kappa shape index (κ2) is 11.7. The van der Waals surface area contributed by atoms with Crippen LogP contribution in [0.15, 0.2) is 73.1 Å². The lowest BCUT2D eigenvalue weighted by molar-refractivity contribution is -0.140. The highest BCUT2D eigenvalue weighted by Gasteiger charge is 2.33. The zero-order chi connectivity index (χ0) is 30.0. The second-order valence-corrected chi connectivity index (χ2v) is 10.0. The van der Waals surface area contributed by atoms with Crippen molar-refractivity contribution in [1.29, 1.82) is 0 Å². The van der Waals surface area contributed by atoms with Crippen molar-refractivity contribution >= 4 is 40.1 Å². The van der Waals surface area contributed by atoms with Crippen LogP contribution in [0.1, 0.15) is 16.1 Å². The third-order valence-corrected chi connectivity index (χ3v) is 6.50. The molecule has 0 aliphatic carbocycles. The van der Waals surface area contributed by atoms with Crippen LogP contribution in [0.3, 0.4) is 0 Å². The van der Waals surface area contributed by atoms with Crippen LogP contribution >= 0.6 is 11.6 Å². The van der Waals surface area contributed by atoms with Crippen molar-refractivity contribution in [3.05, 3.63) is 89.4 Å². The summed E-state index contributed by atoms with van der Waals surface area (Å²) >= 11 is 6.30. The largest absolute Gasteiger partial charge is 0.457 e. The number of hydrogen-bond donors (Lipinski definition) is 2. The highest BCUT2D eigenvalue weighted by Crippen LogP contribution is 2.32. The number of nitrogens with one attached hydrogen (secondary N) is 2. The molecule has 0 fully saturated rings. The summed E-state index contributed by atoms with van der Waals surface area (Å²) in [5.74, 6) is 1.11. The zero-order valence-electron chi connectivity index (χ0n) is 22.7. The van der Waals surface area contributed by atoms with Crippen molar-refractivity contribution in [3.8, 4) is 23.0 Å². The number of nitrogens with zero attached hydrogens (tertiary/aromatic N) is 5. The molecule has 13 heteroatoms. The number of ketones is 1. The molecule has 0 aliphatic rings. The Morgan fingerprint density at radius 2 is 1.90 bits per heavy atom. The molecule has 0 radical (unpaired) electrons. The number of carbonyl (C=O) groups excluding carboxylic acids is 1. The van der Waals surface area contributed by atoms with Gasteiger partial charge in [-0.25, -0.2) is 9.97 Å². The van der Waals surface area contributed by atoms with Crippen LogP contribution < -0.4 is 10.1 Å². The Morgan fingerprint density at radius 1 is 1.12 bits per heavy atom. The molecule has 5 rings (SSSR count). The molecule has 2 N–H and O–H groups in total. The molecule has 0 spiro atoms. The fourth-order valence-corrected chi connectivity index (χ4v) is 4.28. The number of aromatic amines is 1. The summed E-state index contributed by atoms with van der Waals surface area (Å²) in [5, 5.41) is 3.58. The van der Waals surface area contributed by atoms with E-state index in [2.05, 4.69) is 25.3 Å². The van der Waals surface area contributed by atoms with E-state index < -0.39 is 11.9 Å². The first-order chi connectivity index (χ1) is 20.0. The topological polar surface area (TPSA) is 101 Å². The number of hydrogen-bond acceptors (Lipinski definition) is 7. The SMILES string of the molecule is CN(C)CC=CC(=O)c1cc(Nc2nc3cc(Oc4ccnc(-c5ncc(C(F)(F)F)[nH]5)c4)ccc3n2C)ccc1Cl. The van der Waals surface area contributed by atoms with E-state index >= 15 is 0 Å². The Morgan fingerprint density at radius 3 is 2.64 bits per heavy atom. The van der Waals surface area contributed by atoms with Gasteiger partial charge in [0.05, 0.1) is 22.3 Å². The van der Waals surface area contributed by atoms with Gasteiger partial charge >= 0.3 is 6.18 Å². The van der Waals surface area contributed by atoms with Gasteiger partial charge in [-0.15, -0.1) is 0 Å². The molecule has 0 atom stereocenters. The number of aromatic nitrogens is 5. The Kier molecular flexibility index (Phi) is 8.01. The van der Waals surface area contributed by atoms with Gasteiger partial charge in [0, 0.05) is 43.2 Å². The quantitative estimate of drug-likeness (QED) is 0.142. The smallest absolute Gasteiger partial charge is 0.432 e. The Balaban J connectivity index is 1.34. The van der Waals surface area contributed by atoms with Gasteiger partial charge in [0.2, 0.25) is 5.95 Å². The fraction of sp³-hybridized carbons (Fsp3) is 0.172. The van der Waals surface area contributed by atoms with E-state index in [4.69, 9.17) is 16.3 Å². The van der Waals surface area contributed by atoms with Crippen molar-refractivity contribution in [3.63, 3.8) is 0 Å². The average Bonchev–Trinajstić information content (AvgIpc) is 3.55. The number of carbonyl (C=O) groups is 1. The van der Waals surface area contributed by atoms with Crippen molar-refractivity contribution in [2.45, 2.75) is 6.18 Å². The van der Waals surface area contributed by atoms with E-state index in [9.17, 15) is 18.0 Å². The molecule has 0 saturated carbocycles. The summed E-state index contributed by atoms with van der Waals surface area (Å²) in [6.45, 7) is 0.627. The normalized spacial score (nSPS) is 12.0. The molecule has 0 unspecified atom stereocenters. The average molecular weight is 596 g/mol. The molecular formula is C29H25ClF3N7O2. The minimum Gasteiger partial charge on any atom is -0.457 e. The standard InChI is InChI=1S/C29H25ClF3N7O2/c1-39(2)12-4-5-25(41)20-13-17(6-8-21(20)30)36-28-37-22-14-18(7-9-24(22)40(28)3)42-19-10-11-34-23(15-19)27-35-16-26(38-27)29(31,32)33/h4-11,13-16H,12H2,1-3H3,(H,35,38)(H,36,37). The lowest BCUT2D eigenvalue weighted by Crippen LogP contribution is -2.11. The number of benzene rings is 2. The van der Waals surface area contributed by atoms with Crippen molar-refractivity contribution in [2.24, 2.45) is 7.05 Å². The third kappa shape index (κ3) is 6.45. The lowest BCUT2D eigenvalue weighted by Gasteiger charge is -2.09. The zero-order valence-corrected chi connectivity index (χ0v) is 23.5. The van der Waals surface area contributed by atoms with Crippen molar-refractivity contribution in [1.82, 2.24) is 29.4 Å². The van der Waals surface area contributed by atoms with Crippen LogP contribution in [0.4, 0.5) is 24.8 Å². The molecule has 42 heavy (non-hydrogen) atoms. The number of ether oxygens (including phenoxy) is 1. The third-order valence-electron chi connectivity index (χ3n) is 6.17. The molecule has 2 aromatic carbocycles. The maximum atomic E-state index is 12.9. The Hall–Kier alpha value is -4.68. The summed E-state index contributed by atoms with van der Waals surface area (Å²) in [4.78, 5) is 29.4. The van der Waals surface area contributed by atoms with E-state index in [1.54, 1.807) is 42.5 Å². The number of pyridine rings is 1. The van der Waals surface area contributed by atoms with Gasteiger partial charge < -0.3 is 24.5 Å². The van der Waals surface area contributed by atoms with E-state index in [1.165, 1.54) is 18.3 Å². The summed E-state index contributed by atoms with van der Waals surface area (Å²) in [6, 6.07) is 13.5. The van der Waals surface area contributed by atoms with E-state index in [0.29, 0.717) is 45.8 Å². The first-order valence-electron chi connectivity index (χ1n) is 12.6. The lowest BCUT2D eigenvalue weighted by atomic mass is 10.1. The van der Waals surface area contributed by atoms with Crippen LogP contribution in [0.5, 0.6) is 11.5 Å². The minimum absolute atomic E-state index is 0.0275. The number of imidazole rings is 2. The van der Waals surface area contributed by atoms with Crippen LogP contribution in [-0.2, 0) is 13.2 Å². The van der Waals surface area contributed by atoms with Gasteiger partial charge in [0.15, 0.2) is 11.6 Å². The van der Waals surface area contributed by atoms with Crippen LogP contribution in [-0.4, -0.2) is 55.8 Å². The number of H-pyrrole nitrogens is 1. The monoisotopic (exact) mass is 595 g/mol. The van der Waals surface area contributed by atoms with Crippen LogP contribution in [0.25, 0.3) is 22.6 Å². The first-order valence-corrected chi connectivity index (χ1v) is 13.0. The summed E-state index contributed by atoms with van der Waals surface area (Å²) in [7, 11) is 5.67. The predicted octanol–water partition coefficient (Wildman–Crippen LogP) is 6.87. The van der Waals surface area contributed by atoms with E-state index in [-0.39, 0.29) is 17.3 Å². The van der Waals surface area contributed by atoms with E-state index in [0.717, 1.165) is 11.7 Å². The minimum atomic E-state index is -4.54. The fourth-order valence-electron chi connectivity index (χ4n) is 4.07. The van der Waals surface area contributed by atoms with Crippen molar-refractivity contribution in [2.75, 3.05) is 26.0 Å². The second-order valence-electron chi connectivity index (χ2n) is 9.62. The molecule has 0 saturated heterocycles. The number of likely N-dealkylation sites (N-methyl/N-ethyl adjacent to an activating group) is 1. The molecule has 5 aromatic rings. The number of anilines is 2. The summed E-state index contributed by atoms with van der Waals surface area (Å²) in [5.41, 5.74) is 1.68. The van der Waals surface area contributed by atoms with Crippen LogP contribution in [0, 0.1) is 0 Å². The molecule has 216 valence electrons. The molecule has 3 heterocycles. The number of allylic oxidation sites excluding steroid dienone is 1. The number of halogens is 4. The molecule has 3 aromatic heterocycles. The predicted molar refractivity (Wildman–Crippen MR) is 154 cm³/mol. The number of aryl methyl sites for hydroxylation is 1. The Bertz CT molecular complexity index is 1790. The molecule has 0 amide bonds. The maximum absolute atomic E-state index is 12.9. The molecule has 0 aliphatic heterocycles. The van der Waals surface area contributed by atoms with Crippen molar-refractivity contribution < 1.29 is 22.7 Å². The number of fused-ring (bicyclic) bond motifs is 1. The molecule has 9 nitrogen and oxygen atoms in total. The van der Waals surface area contributed by atoms with Crippen LogP contribution in [0.2, 0.25) is 5.02 Å². The van der Waals surface area contributed by atoms with Gasteiger partial charge in [-0.3, -0.25) is 9.78 Å². The highest BCUT2D eigenvalue weighted by atomic mass is 35.5. The summed E-state index contributed by atoms with van der Waals surface area (Å²) < 4.78 is 46.6.